The Bertz CT molecular complexity index is 997. The van der Waals surface area contributed by atoms with Crippen molar-refractivity contribution in [1.29, 1.82) is 0 Å². The van der Waals surface area contributed by atoms with Crippen LogP contribution >= 0.6 is 11.3 Å². The third-order valence-corrected chi connectivity index (χ3v) is 4.68. The van der Waals surface area contributed by atoms with Crippen molar-refractivity contribution < 1.29 is 14.0 Å². The highest BCUT2D eigenvalue weighted by atomic mass is 32.1. The molecule has 0 atom stereocenters. The van der Waals surface area contributed by atoms with E-state index in [4.69, 9.17) is 4.42 Å². The summed E-state index contributed by atoms with van der Waals surface area (Å²) in [6.07, 6.45) is 3.14. The zero-order valence-electron chi connectivity index (χ0n) is 14.7. The van der Waals surface area contributed by atoms with E-state index in [9.17, 15) is 9.59 Å². The van der Waals surface area contributed by atoms with E-state index in [2.05, 4.69) is 10.3 Å². The summed E-state index contributed by atoms with van der Waals surface area (Å²) >= 11 is 1.23. The van der Waals surface area contributed by atoms with Gasteiger partial charge in [0.15, 0.2) is 5.76 Å². The molecule has 134 valence electrons. The summed E-state index contributed by atoms with van der Waals surface area (Å²) in [7, 11) is 0. The van der Waals surface area contributed by atoms with E-state index in [-0.39, 0.29) is 23.6 Å². The molecule has 0 aliphatic heterocycles. The fraction of sp³-hybridized carbons (Fsp3) is 0.211. The molecule has 3 aromatic rings. The first-order chi connectivity index (χ1) is 12.5. The molecule has 0 aliphatic rings. The number of carbonyl (C=O) groups is 2. The first-order valence-electron chi connectivity index (χ1n) is 8.17. The Hall–Kier alpha value is -2.93. The molecule has 1 N–H and O–H groups in total. The van der Waals surface area contributed by atoms with Gasteiger partial charge in [-0.2, -0.15) is 0 Å². The van der Waals surface area contributed by atoms with Crippen molar-refractivity contribution in [3.05, 3.63) is 70.5 Å². The topological polar surface area (TPSA) is 76.6 Å². The lowest BCUT2D eigenvalue weighted by Crippen LogP contribution is -2.27. The van der Waals surface area contributed by atoms with Crippen molar-refractivity contribution in [3.63, 3.8) is 0 Å². The maximum absolute atomic E-state index is 13.0. The van der Waals surface area contributed by atoms with Crippen molar-refractivity contribution in [2.24, 2.45) is 4.99 Å². The standard InChI is InChI=1S/C19H19N3O3S/c1-12(2)20-15-8-4-5-9-22(15)19(24)17-13(3)11-16(26-17)21-18(23)14-7-6-10-25-14/h4-12H,1-3H3,(H,21,23). The number of amides is 1. The molecule has 0 spiro atoms. The number of hydrogen-bond acceptors (Lipinski definition) is 5. The fourth-order valence-corrected chi connectivity index (χ4v) is 3.43. The van der Waals surface area contributed by atoms with Gasteiger partial charge in [0.1, 0.15) is 5.49 Å². The smallest absolute Gasteiger partial charge is 0.291 e. The van der Waals surface area contributed by atoms with E-state index in [0.717, 1.165) is 5.56 Å². The number of rotatable bonds is 4. The minimum Gasteiger partial charge on any atom is -0.459 e. The highest BCUT2D eigenvalue weighted by Crippen LogP contribution is 2.27. The van der Waals surface area contributed by atoms with Gasteiger partial charge in [0.25, 0.3) is 11.8 Å². The SMILES string of the molecule is Cc1cc(NC(=O)c2ccco2)sc1C(=O)n1ccccc1=NC(C)C. The number of furan rings is 1. The highest BCUT2D eigenvalue weighted by Gasteiger charge is 2.18. The second-order valence-electron chi connectivity index (χ2n) is 6.01. The van der Waals surface area contributed by atoms with E-state index >= 15 is 0 Å². The predicted molar refractivity (Wildman–Crippen MR) is 101 cm³/mol. The number of thiophene rings is 1. The molecular weight excluding hydrogens is 350 g/mol. The van der Waals surface area contributed by atoms with Crippen LogP contribution in [0.15, 0.2) is 58.3 Å². The monoisotopic (exact) mass is 369 g/mol. The Labute approximate surface area is 154 Å². The minimum atomic E-state index is -0.349. The van der Waals surface area contributed by atoms with Crippen molar-refractivity contribution in [3.8, 4) is 0 Å². The second kappa shape index (κ2) is 7.53. The molecule has 0 fully saturated rings. The summed E-state index contributed by atoms with van der Waals surface area (Å²) in [6.45, 7) is 5.76. The molecule has 6 nitrogen and oxygen atoms in total. The summed E-state index contributed by atoms with van der Waals surface area (Å²) < 4.78 is 6.61. The number of anilines is 1. The van der Waals surface area contributed by atoms with Crippen LogP contribution in [0.2, 0.25) is 0 Å². The molecule has 0 aliphatic carbocycles. The molecule has 0 saturated carbocycles. The van der Waals surface area contributed by atoms with E-state index in [1.807, 2.05) is 26.8 Å². The Morgan fingerprint density at radius 1 is 1.23 bits per heavy atom. The van der Waals surface area contributed by atoms with Gasteiger partial charge in [-0.15, -0.1) is 11.3 Å². The van der Waals surface area contributed by atoms with Crippen LogP contribution in [0.4, 0.5) is 5.00 Å². The normalized spacial score (nSPS) is 11.8. The van der Waals surface area contributed by atoms with Crippen LogP contribution in [0, 0.1) is 6.92 Å². The van der Waals surface area contributed by atoms with E-state index < -0.39 is 0 Å². The lowest BCUT2D eigenvalue weighted by molar-refractivity contribution is 0.0956. The van der Waals surface area contributed by atoms with Gasteiger partial charge < -0.3 is 9.73 Å². The summed E-state index contributed by atoms with van der Waals surface area (Å²) in [5, 5.41) is 3.35. The maximum Gasteiger partial charge on any atom is 0.291 e. The molecule has 0 bridgehead atoms. The first kappa shape index (κ1) is 17.9. The molecule has 1 amide bonds. The highest BCUT2D eigenvalue weighted by molar-refractivity contribution is 7.18. The summed E-state index contributed by atoms with van der Waals surface area (Å²) in [5.41, 5.74) is 1.39. The Kier molecular flexibility index (Phi) is 5.18. The minimum absolute atomic E-state index is 0.0732. The van der Waals surface area contributed by atoms with Gasteiger partial charge in [0, 0.05) is 12.2 Å². The Morgan fingerprint density at radius 2 is 2.04 bits per heavy atom. The van der Waals surface area contributed by atoms with Crippen LogP contribution in [-0.2, 0) is 0 Å². The lowest BCUT2D eigenvalue weighted by atomic mass is 10.2. The third kappa shape index (κ3) is 3.83. The van der Waals surface area contributed by atoms with Crippen LogP contribution < -0.4 is 10.8 Å². The predicted octanol–water partition coefficient (Wildman–Crippen LogP) is 3.70. The molecule has 0 aromatic carbocycles. The van der Waals surface area contributed by atoms with Crippen molar-refractivity contribution in [2.45, 2.75) is 26.8 Å². The van der Waals surface area contributed by atoms with Gasteiger partial charge in [-0.3, -0.25) is 19.1 Å². The molecule has 3 aromatic heterocycles. The molecule has 0 radical (unpaired) electrons. The number of hydrogen-bond donors (Lipinski definition) is 1. The van der Waals surface area contributed by atoms with Crippen LogP contribution in [0.25, 0.3) is 0 Å². The van der Waals surface area contributed by atoms with Gasteiger partial charge in [0.2, 0.25) is 0 Å². The Balaban J connectivity index is 1.90. The number of carbonyl (C=O) groups excluding carboxylic acids is 2. The van der Waals surface area contributed by atoms with E-state index in [1.165, 1.54) is 22.2 Å². The van der Waals surface area contributed by atoms with Gasteiger partial charge in [0.05, 0.1) is 16.1 Å². The lowest BCUT2D eigenvalue weighted by Gasteiger charge is -2.06. The van der Waals surface area contributed by atoms with Gasteiger partial charge in [-0.05, 0) is 56.7 Å². The number of nitrogens with zero attached hydrogens (tertiary/aromatic N) is 2. The largest absolute Gasteiger partial charge is 0.459 e. The zero-order valence-corrected chi connectivity index (χ0v) is 15.5. The summed E-state index contributed by atoms with van der Waals surface area (Å²) in [6, 6.07) is 10.5. The molecule has 7 heteroatoms. The van der Waals surface area contributed by atoms with Crippen molar-refractivity contribution >= 4 is 28.2 Å². The fourth-order valence-electron chi connectivity index (χ4n) is 2.42. The first-order valence-corrected chi connectivity index (χ1v) is 8.99. The van der Waals surface area contributed by atoms with Gasteiger partial charge in [-0.25, -0.2) is 0 Å². The molecule has 0 saturated heterocycles. The average molecular weight is 369 g/mol. The maximum atomic E-state index is 13.0. The van der Waals surface area contributed by atoms with Crippen LogP contribution in [0.1, 0.15) is 39.6 Å². The van der Waals surface area contributed by atoms with Crippen LogP contribution in [-0.4, -0.2) is 22.4 Å². The molecular formula is C19H19N3O3S. The number of aryl methyl sites for hydroxylation is 1. The molecule has 26 heavy (non-hydrogen) atoms. The van der Waals surface area contributed by atoms with Crippen LogP contribution in [0.5, 0.6) is 0 Å². The second-order valence-corrected chi connectivity index (χ2v) is 7.06. The number of pyridine rings is 1. The zero-order chi connectivity index (χ0) is 18.7. The number of aromatic nitrogens is 1. The molecule has 0 unspecified atom stereocenters. The number of nitrogens with one attached hydrogen (secondary N) is 1. The summed E-state index contributed by atoms with van der Waals surface area (Å²) in [5.74, 6) is -0.302. The van der Waals surface area contributed by atoms with Gasteiger partial charge in [-0.1, -0.05) is 6.07 Å². The van der Waals surface area contributed by atoms with Crippen molar-refractivity contribution in [1.82, 2.24) is 4.57 Å². The quantitative estimate of drug-likeness (QED) is 0.762. The Morgan fingerprint density at radius 3 is 2.73 bits per heavy atom. The van der Waals surface area contributed by atoms with E-state index in [1.54, 1.807) is 36.5 Å². The van der Waals surface area contributed by atoms with E-state index in [0.29, 0.717) is 15.4 Å². The third-order valence-electron chi connectivity index (χ3n) is 3.54. The van der Waals surface area contributed by atoms with Gasteiger partial charge >= 0.3 is 0 Å². The average Bonchev–Trinajstić information content (AvgIpc) is 3.24. The molecule has 3 rings (SSSR count). The molecule has 3 heterocycles. The van der Waals surface area contributed by atoms with Crippen LogP contribution in [0.3, 0.4) is 0 Å². The summed E-state index contributed by atoms with van der Waals surface area (Å²) in [4.78, 5) is 30.1. The van der Waals surface area contributed by atoms with Crippen molar-refractivity contribution in [2.75, 3.05) is 5.32 Å².